The lowest BCUT2D eigenvalue weighted by atomic mass is 10.1. The Morgan fingerprint density at radius 3 is 2.31 bits per heavy atom. The Morgan fingerprint density at radius 1 is 1.19 bits per heavy atom. The lowest BCUT2D eigenvalue weighted by Gasteiger charge is -2.28. The van der Waals surface area contributed by atoms with Gasteiger partial charge in [0, 0.05) is 14.1 Å². The molecule has 2 heterocycles. The summed E-state index contributed by atoms with van der Waals surface area (Å²) < 4.78 is 0. The van der Waals surface area contributed by atoms with Crippen molar-refractivity contribution in [2.45, 2.75) is 31.7 Å². The van der Waals surface area contributed by atoms with Gasteiger partial charge in [-0.05, 0) is 19.3 Å². The number of carbonyl (C=O) groups excluding carboxylic acids is 2. The van der Waals surface area contributed by atoms with Crippen LogP contribution < -0.4 is 4.90 Å². The number of hydrazine groups is 1. The van der Waals surface area contributed by atoms with Gasteiger partial charge in [0.25, 0.3) is 5.91 Å². The Hall–Kier alpha value is -0.940. The van der Waals surface area contributed by atoms with Crippen molar-refractivity contribution in [1.82, 2.24) is 10.0 Å². The highest BCUT2D eigenvalue weighted by Crippen LogP contribution is 2.12. The van der Waals surface area contributed by atoms with Gasteiger partial charge in [0.1, 0.15) is 0 Å². The van der Waals surface area contributed by atoms with E-state index in [1.807, 2.05) is 0 Å². The van der Waals surface area contributed by atoms with Crippen molar-refractivity contribution >= 4 is 11.8 Å². The van der Waals surface area contributed by atoms with E-state index in [9.17, 15) is 9.59 Å². The van der Waals surface area contributed by atoms with Crippen molar-refractivity contribution in [1.29, 1.82) is 0 Å². The third-order valence-electron chi connectivity index (χ3n) is 3.51. The molecule has 2 saturated heterocycles. The van der Waals surface area contributed by atoms with Crippen LogP contribution in [0.2, 0.25) is 0 Å². The number of hydrogen-bond acceptors (Lipinski definition) is 3. The Labute approximate surface area is 95.9 Å². The zero-order valence-corrected chi connectivity index (χ0v) is 10.0. The Balaban J connectivity index is 2.07. The number of hydrogen-bond donors (Lipinski definition) is 1. The fraction of sp³-hybridized carbons (Fsp3) is 0.818. The summed E-state index contributed by atoms with van der Waals surface area (Å²) in [6.45, 7) is 2.07. The molecule has 5 heteroatoms. The van der Waals surface area contributed by atoms with Crippen LogP contribution in [0.15, 0.2) is 0 Å². The lowest BCUT2D eigenvalue weighted by molar-refractivity contribution is -0.919. The molecule has 0 aromatic carbocycles. The first-order valence-electron chi connectivity index (χ1n) is 6.00. The summed E-state index contributed by atoms with van der Waals surface area (Å²) >= 11 is 0. The van der Waals surface area contributed by atoms with Gasteiger partial charge >= 0.3 is 5.91 Å². The molecule has 2 fully saturated rings. The van der Waals surface area contributed by atoms with E-state index in [-0.39, 0.29) is 17.9 Å². The topological polar surface area (TPSA) is 45.1 Å². The highest BCUT2D eigenvalue weighted by molar-refractivity contribution is 6.04. The number of quaternary nitrogens is 1. The van der Waals surface area contributed by atoms with Crippen molar-refractivity contribution < 1.29 is 14.5 Å². The molecule has 16 heavy (non-hydrogen) atoms. The van der Waals surface area contributed by atoms with Crippen LogP contribution in [0.25, 0.3) is 0 Å². The Bertz CT molecular complexity index is 298. The molecule has 1 N–H and O–H groups in total. The zero-order valence-electron chi connectivity index (χ0n) is 10.0. The maximum Gasteiger partial charge on any atom is 0.302 e. The normalized spacial score (nSPS) is 28.2. The van der Waals surface area contributed by atoms with Gasteiger partial charge in [0.15, 0.2) is 6.04 Å². The predicted octanol–water partition coefficient (Wildman–Crippen LogP) is -1.34. The number of piperidine rings is 1. The van der Waals surface area contributed by atoms with Gasteiger partial charge in [-0.1, -0.05) is 0 Å². The second kappa shape index (κ2) is 4.51. The average Bonchev–Trinajstić information content (AvgIpc) is 2.55. The molecule has 0 spiro atoms. The summed E-state index contributed by atoms with van der Waals surface area (Å²) in [7, 11) is 3.48. The second-order valence-electron chi connectivity index (χ2n) is 4.87. The van der Waals surface area contributed by atoms with Gasteiger partial charge in [-0.15, -0.1) is 0 Å². The molecule has 0 aromatic heterocycles. The monoisotopic (exact) mass is 226 g/mol. The molecule has 90 valence electrons. The summed E-state index contributed by atoms with van der Waals surface area (Å²) in [4.78, 5) is 25.1. The van der Waals surface area contributed by atoms with E-state index in [1.54, 1.807) is 19.1 Å². The van der Waals surface area contributed by atoms with Crippen molar-refractivity contribution in [2.75, 3.05) is 27.2 Å². The third-order valence-corrected chi connectivity index (χ3v) is 3.51. The fourth-order valence-corrected chi connectivity index (χ4v) is 2.71. The van der Waals surface area contributed by atoms with E-state index in [1.165, 1.54) is 29.2 Å². The molecule has 2 aliphatic rings. The molecule has 0 saturated carbocycles. The molecule has 0 aromatic rings. The molecule has 1 unspecified atom stereocenters. The van der Waals surface area contributed by atoms with Crippen molar-refractivity contribution in [3.8, 4) is 0 Å². The number of rotatable bonds is 2. The molecule has 0 bridgehead atoms. The minimum Gasteiger partial charge on any atom is -0.324 e. The first-order chi connectivity index (χ1) is 7.61. The van der Waals surface area contributed by atoms with Crippen LogP contribution in [-0.4, -0.2) is 55.1 Å². The van der Waals surface area contributed by atoms with E-state index in [4.69, 9.17) is 0 Å². The minimum atomic E-state index is -0.129. The summed E-state index contributed by atoms with van der Waals surface area (Å²) in [5.74, 6) is -0.0787. The third kappa shape index (κ3) is 1.97. The highest BCUT2D eigenvalue weighted by atomic mass is 16.2. The molecule has 1 atom stereocenters. The van der Waals surface area contributed by atoms with Gasteiger partial charge in [-0.3, -0.25) is 9.59 Å². The van der Waals surface area contributed by atoms with Gasteiger partial charge < -0.3 is 4.90 Å². The quantitative estimate of drug-likeness (QED) is 0.593. The molecule has 5 nitrogen and oxygen atoms in total. The molecule has 0 aliphatic carbocycles. The Kier molecular flexibility index (Phi) is 3.25. The SMILES string of the molecule is CN(C)N1C(=O)CC([NH+]2CCCCC2)C1=O. The van der Waals surface area contributed by atoms with E-state index >= 15 is 0 Å². The van der Waals surface area contributed by atoms with Crippen molar-refractivity contribution in [3.05, 3.63) is 0 Å². The number of amides is 2. The molecular formula is C11H20N3O2+. The van der Waals surface area contributed by atoms with E-state index in [2.05, 4.69) is 0 Å². The maximum absolute atomic E-state index is 12.1. The predicted molar refractivity (Wildman–Crippen MR) is 58.5 cm³/mol. The molecule has 2 aliphatic heterocycles. The van der Waals surface area contributed by atoms with E-state index in [0.717, 1.165) is 13.1 Å². The summed E-state index contributed by atoms with van der Waals surface area (Å²) in [5.41, 5.74) is 0. The van der Waals surface area contributed by atoms with Gasteiger partial charge in [0.2, 0.25) is 0 Å². The first-order valence-corrected chi connectivity index (χ1v) is 6.00. The van der Waals surface area contributed by atoms with Crippen LogP contribution in [0.1, 0.15) is 25.7 Å². The molecule has 2 rings (SSSR count). The van der Waals surface area contributed by atoms with Crippen molar-refractivity contribution in [3.63, 3.8) is 0 Å². The van der Waals surface area contributed by atoms with Crippen LogP contribution in [0.3, 0.4) is 0 Å². The number of nitrogens with one attached hydrogen (secondary N) is 1. The average molecular weight is 226 g/mol. The molecule has 0 radical (unpaired) electrons. The summed E-state index contributed by atoms with van der Waals surface area (Å²) in [6.07, 6.45) is 3.99. The standard InChI is InChI=1S/C11H19N3O2/c1-12(2)14-10(15)8-9(11(14)16)13-6-4-3-5-7-13/h9H,3-8H2,1-2H3/p+1. The van der Waals surface area contributed by atoms with E-state index in [0.29, 0.717) is 6.42 Å². The summed E-state index contributed by atoms with van der Waals surface area (Å²) in [5, 5.41) is 2.88. The van der Waals surface area contributed by atoms with Crippen LogP contribution in [-0.2, 0) is 9.59 Å². The van der Waals surface area contributed by atoms with Gasteiger partial charge in [0.05, 0.1) is 19.5 Å². The highest BCUT2D eigenvalue weighted by Gasteiger charge is 2.46. The summed E-state index contributed by atoms with van der Waals surface area (Å²) in [6, 6.07) is -0.129. The van der Waals surface area contributed by atoms with Crippen LogP contribution in [0, 0.1) is 0 Å². The zero-order chi connectivity index (χ0) is 11.7. The molecular weight excluding hydrogens is 206 g/mol. The number of likely N-dealkylation sites (tertiary alicyclic amines) is 1. The van der Waals surface area contributed by atoms with Crippen molar-refractivity contribution in [2.24, 2.45) is 0 Å². The molecule has 2 amide bonds. The first kappa shape index (κ1) is 11.5. The number of carbonyl (C=O) groups is 2. The van der Waals surface area contributed by atoms with Crippen LogP contribution >= 0.6 is 0 Å². The second-order valence-corrected chi connectivity index (χ2v) is 4.87. The maximum atomic E-state index is 12.1. The minimum absolute atomic E-state index is 0.0214. The Morgan fingerprint density at radius 2 is 1.81 bits per heavy atom. The van der Waals surface area contributed by atoms with Crippen LogP contribution in [0.4, 0.5) is 0 Å². The smallest absolute Gasteiger partial charge is 0.302 e. The fourth-order valence-electron chi connectivity index (χ4n) is 2.71. The van der Waals surface area contributed by atoms with Gasteiger partial charge in [-0.2, -0.15) is 0 Å². The number of nitrogens with zero attached hydrogens (tertiary/aromatic N) is 2. The number of imide groups is 1. The lowest BCUT2D eigenvalue weighted by Crippen LogP contribution is -3.17. The van der Waals surface area contributed by atoms with Crippen LogP contribution in [0.5, 0.6) is 0 Å². The van der Waals surface area contributed by atoms with Gasteiger partial charge in [-0.25, -0.2) is 10.0 Å². The largest absolute Gasteiger partial charge is 0.324 e. The van der Waals surface area contributed by atoms with E-state index < -0.39 is 0 Å².